The zero-order valence-electron chi connectivity index (χ0n) is 28.8. The van der Waals surface area contributed by atoms with Crippen LogP contribution in [0.1, 0.15) is 46.1 Å². The second-order valence-corrected chi connectivity index (χ2v) is 13.9. The lowest BCUT2D eigenvalue weighted by Gasteiger charge is -2.25. The van der Waals surface area contributed by atoms with Gasteiger partial charge in [0.15, 0.2) is 0 Å². The molecule has 2 aliphatic rings. The van der Waals surface area contributed by atoms with Crippen molar-refractivity contribution in [3.8, 4) is 5.75 Å². The first-order chi connectivity index (χ1) is 22.9. The number of aromatic nitrogens is 1. The molecular formula is C34H47N4O9P. The van der Waals surface area contributed by atoms with Gasteiger partial charge in [0, 0.05) is 67.9 Å². The third-order valence-electron chi connectivity index (χ3n) is 7.71. The number of carbonyl (C=O) groups excluding carboxylic acids is 2. The molecule has 262 valence electrons. The lowest BCUT2D eigenvalue weighted by molar-refractivity contribution is -0.149. The zero-order valence-corrected chi connectivity index (χ0v) is 29.7. The van der Waals surface area contributed by atoms with E-state index in [1.165, 1.54) is 0 Å². The molecule has 0 amide bonds. The first-order valence-electron chi connectivity index (χ1n) is 15.9. The van der Waals surface area contributed by atoms with Crippen LogP contribution in [0.15, 0.2) is 72.5 Å². The molecule has 2 aliphatic heterocycles. The van der Waals surface area contributed by atoms with E-state index in [4.69, 9.17) is 27.8 Å². The van der Waals surface area contributed by atoms with Gasteiger partial charge in [0.25, 0.3) is 0 Å². The van der Waals surface area contributed by atoms with Crippen LogP contribution < -0.4 is 4.74 Å². The molecule has 13 nitrogen and oxygen atoms in total. The molecule has 0 N–H and O–H groups in total. The Morgan fingerprint density at radius 3 is 1.94 bits per heavy atom. The number of hydrogen-bond acceptors (Lipinski definition) is 12. The normalized spacial score (nSPS) is 15.0. The molecule has 3 heterocycles. The van der Waals surface area contributed by atoms with Crippen LogP contribution in [-0.4, -0.2) is 84.6 Å². The maximum absolute atomic E-state index is 13.9. The number of methoxy groups -OCH3 is 1. The van der Waals surface area contributed by atoms with E-state index in [1.807, 2.05) is 101 Å². The number of nitrogens with zero attached hydrogens (tertiary/aromatic N) is 4. The van der Waals surface area contributed by atoms with Gasteiger partial charge in [0.1, 0.15) is 12.5 Å². The van der Waals surface area contributed by atoms with Crippen LogP contribution in [0, 0.1) is 0 Å². The highest BCUT2D eigenvalue weighted by atomic mass is 31.2. The maximum atomic E-state index is 13.9. The van der Waals surface area contributed by atoms with Gasteiger partial charge >= 0.3 is 19.8 Å². The summed E-state index contributed by atoms with van der Waals surface area (Å²) in [5, 5.41) is 0.954. The first-order valence-corrected chi connectivity index (χ1v) is 17.3. The van der Waals surface area contributed by atoms with E-state index in [-0.39, 0.29) is 18.8 Å². The molecule has 0 atom stereocenters. The van der Waals surface area contributed by atoms with Gasteiger partial charge in [-0.3, -0.25) is 4.52 Å². The largest absolute Gasteiger partial charge is 0.497 e. The number of fused-ring (bicyclic) bond motifs is 1. The highest BCUT2D eigenvalue weighted by molar-refractivity contribution is 7.48. The van der Waals surface area contributed by atoms with Gasteiger partial charge in [-0.2, -0.15) is 0 Å². The van der Waals surface area contributed by atoms with E-state index in [9.17, 15) is 14.2 Å². The van der Waals surface area contributed by atoms with Crippen LogP contribution in [0.5, 0.6) is 5.75 Å². The number of benzene rings is 1. The molecular weight excluding hydrogens is 639 g/mol. The number of phosphoric ester groups is 1. The molecule has 0 saturated heterocycles. The van der Waals surface area contributed by atoms with E-state index in [0.29, 0.717) is 29.7 Å². The van der Waals surface area contributed by atoms with E-state index in [2.05, 4.69) is 4.90 Å². The minimum atomic E-state index is -4.44. The van der Waals surface area contributed by atoms with Gasteiger partial charge in [0.05, 0.1) is 23.8 Å². The Morgan fingerprint density at radius 2 is 1.44 bits per heavy atom. The highest BCUT2D eigenvalue weighted by Gasteiger charge is 2.30. The van der Waals surface area contributed by atoms with Crippen LogP contribution in [0.4, 0.5) is 0 Å². The van der Waals surface area contributed by atoms with Crippen molar-refractivity contribution < 1.29 is 41.9 Å². The second-order valence-electron chi connectivity index (χ2n) is 12.2. The Bertz CT molecular complexity index is 1540. The van der Waals surface area contributed by atoms with Gasteiger partial charge in [-0.05, 0) is 72.0 Å². The fourth-order valence-corrected chi connectivity index (χ4v) is 5.77. The standard InChI is InChI=1S/C34H47N4O9P/c1-25(2)36-15-8-10-28(20-36)33(39)43-23-46-48(41,47-24-44-34(40)29-11-9-16-37(21-29)26(3)4)45-22-38-19-27(14-17-35(5)6)31-18-30(42-7)12-13-32(31)38/h8-9,12-13,15-16,18-21,25-26H,10-11,14,17,22-24H2,1-7H3. The second kappa shape index (κ2) is 17.0. The summed E-state index contributed by atoms with van der Waals surface area (Å²) in [6.07, 6.45) is 14.3. The van der Waals surface area contributed by atoms with E-state index < -0.39 is 33.3 Å². The lowest BCUT2D eigenvalue weighted by Crippen LogP contribution is -2.24. The number of allylic oxidation sites excluding steroid dienone is 2. The molecule has 0 spiro atoms. The van der Waals surface area contributed by atoms with Crippen LogP contribution >= 0.6 is 7.82 Å². The van der Waals surface area contributed by atoms with Crippen LogP contribution in [-0.2, 0) is 50.4 Å². The summed E-state index contributed by atoms with van der Waals surface area (Å²) in [6, 6.07) is 5.94. The fourth-order valence-electron chi connectivity index (χ4n) is 4.91. The van der Waals surface area contributed by atoms with Gasteiger partial charge in [-0.25, -0.2) is 23.2 Å². The predicted octanol–water partition coefficient (Wildman–Crippen LogP) is 5.89. The summed E-state index contributed by atoms with van der Waals surface area (Å²) >= 11 is 0. The molecule has 48 heavy (non-hydrogen) atoms. The van der Waals surface area contributed by atoms with Crippen molar-refractivity contribution in [1.82, 2.24) is 19.3 Å². The lowest BCUT2D eigenvalue weighted by atomic mass is 10.1. The predicted molar refractivity (Wildman–Crippen MR) is 181 cm³/mol. The van der Waals surface area contributed by atoms with E-state index >= 15 is 0 Å². The maximum Gasteiger partial charge on any atom is 0.482 e. The van der Waals surface area contributed by atoms with E-state index in [1.54, 1.807) is 24.1 Å². The number of rotatable bonds is 17. The van der Waals surface area contributed by atoms with Gasteiger partial charge in [-0.1, -0.05) is 12.2 Å². The van der Waals surface area contributed by atoms with Crippen molar-refractivity contribution >= 4 is 30.7 Å². The average molecular weight is 687 g/mol. The Morgan fingerprint density at radius 1 is 0.875 bits per heavy atom. The van der Waals surface area contributed by atoms with Crippen LogP contribution in [0.3, 0.4) is 0 Å². The van der Waals surface area contributed by atoms with Crippen molar-refractivity contribution in [3.05, 3.63) is 78.1 Å². The molecule has 0 bridgehead atoms. The monoisotopic (exact) mass is 686 g/mol. The molecule has 14 heteroatoms. The molecule has 0 radical (unpaired) electrons. The number of phosphoric acid groups is 1. The SMILES string of the molecule is COc1ccc2c(c1)c(CCN(C)C)cn2COP(=O)(OCOC(=O)C1=CN(C(C)C)C=CC1)OCOC(=O)C1=CN(C(C)C)C=CC1. The topological polar surface area (TPSA) is 121 Å². The average Bonchev–Trinajstić information content (AvgIpc) is 3.43. The fraction of sp³-hybridized carbons (Fsp3) is 0.471. The Labute approximate surface area is 282 Å². The summed E-state index contributed by atoms with van der Waals surface area (Å²) in [7, 11) is 1.16. The quantitative estimate of drug-likeness (QED) is 0.112. The molecule has 1 aromatic heterocycles. The number of likely N-dealkylation sites (N-methyl/N-ethyl adjacent to an activating group) is 1. The summed E-state index contributed by atoms with van der Waals surface area (Å²) in [6.45, 7) is 7.11. The van der Waals surface area contributed by atoms with Crippen molar-refractivity contribution in [3.63, 3.8) is 0 Å². The molecule has 1 aromatic carbocycles. The minimum Gasteiger partial charge on any atom is -0.497 e. The van der Waals surface area contributed by atoms with Crippen molar-refractivity contribution in [2.75, 3.05) is 41.3 Å². The smallest absolute Gasteiger partial charge is 0.482 e. The summed E-state index contributed by atoms with van der Waals surface area (Å²) in [5.74, 6) is -0.565. The third kappa shape index (κ3) is 10.1. The molecule has 0 saturated carbocycles. The molecule has 4 rings (SSSR count). The number of hydrogen-bond donors (Lipinski definition) is 0. The first kappa shape index (κ1) is 37.0. The molecule has 2 aromatic rings. The number of esters is 2. The summed E-state index contributed by atoms with van der Waals surface area (Å²) < 4.78 is 48.3. The Balaban J connectivity index is 1.47. The third-order valence-corrected chi connectivity index (χ3v) is 8.99. The van der Waals surface area contributed by atoms with Gasteiger partial charge in [0.2, 0.25) is 13.6 Å². The van der Waals surface area contributed by atoms with Crippen molar-refractivity contribution in [2.45, 2.75) is 65.8 Å². The molecule has 0 fully saturated rings. The van der Waals surface area contributed by atoms with Crippen LogP contribution in [0.25, 0.3) is 10.9 Å². The zero-order chi connectivity index (χ0) is 34.8. The van der Waals surface area contributed by atoms with Gasteiger partial charge in [-0.15, -0.1) is 0 Å². The summed E-state index contributed by atoms with van der Waals surface area (Å²) in [5.41, 5.74) is 2.67. The Kier molecular flexibility index (Phi) is 13.1. The van der Waals surface area contributed by atoms with Crippen molar-refractivity contribution in [2.24, 2.45) is 0 Å². The highest BCUT2D eigenvalue weighted by Crippen LogP contribution is 2.50. The summed E-state index contributed by atoms with van der Waals surface area (Å²) in [4.78, 5) is 31.4. The Hall–Kier alpha value is -3.87. The molecule has 0 aliphatic carbocycles. The molecule has 0 unspecified atom stereocenters. The number of ether oxygens (including phenoxy) is 3. The van der Waals surface area contributed by atoms with Gasteiger partial charge < -0.3 is 33.5 Å². The van der Waals surface area contributed by atoms with Crippen LogP contribution in [0.2, 0.25) is 0 Å². The number of carbonyl (C=O) groups is 2. The van der Waals surface area contributed by atoms with E-state index in [0.717, 1.165) is 29.4 Å². The van der Waals surface area contributed by atoms with Crippen molar-refractivity contribution in [1.29, 1.82) is 0 Å². The minimum absolute atomic E-state index is 0.147.